The highest BCUT2D eigenvalue weighted by molar-refractivity contribution is 6.15. The fourth-order valence-corrected chi connectivity index (χ4v) is 2.88. The first-order valence-corrected chi connectivity index (χ1v) is 6.79. The molecule has 78 valence electrons. The van der Waals surface area contributed by atoms with Crippen LogP contribution in [0.3, 0.4) is 0 Å². The summed E-state index contributed by atoms with van der Waals surface area (Å²) in [6, 6.07) is 0. The number of allylic oxidation sites excluding steroid dienone is 1. The van der Waals surface area contributed by atoms with Gasteiger partial charge in [-0.05, 0) is 11.5 Å². The first-order valence-electron chi connectivity index (χ1n) is 5.79. The largest absolute Gasteiger partial charge is 0.103 e. The van der Waals surface area contributed by atoms with Gasteiger partial charge in [-0.15, -0.1) is 6.58 Å². The van der Waals surface area contributed by atoms with Crippen molar-refractivity contribution in [2.75, 3.05) is 0 Å². The molecular formula is C12H26Si. The summed E-state index contributed by atoms with van der Waals surface area (Å²) in [5.74, 6) is 0. The van der Waals surface area contributed by atoms with Gasteiger partial charge in [0.1, 0.15) is 0 Å². The normalized spacial score (nSPS) is 11.8. The Morgan fingerprint density at radius 1 is 1.15 bits per heavy atom. The van der Waals surface area contributed by atoms with Gasteiger partial charge in [0.05, 0.1) is 0 Å². The molecule has 0 atom stereocenters. The molecule has 0 saturated carbocycles. The highest BCUT2D eigenvalue weighted by Crippen LogP contribution is 2.38. The van der Waals surface area contributed by atoms with Gasteiger partial charge in [-0.3, -0.25) is 0 Å². The van der Waals surface area contributed by atoms with Gasteiger partial charge in [0, 0.05) is 10.2 Å². The summed E-state index contributed by atoms with van der Waals surface area (Å²) in [5, 5.41) is 0.674. The summed E-state index contributed by atoms with van der Waals surface area (Å²) in [7, 11) is 1.34. The average Bonchev–Trinajstić information content (AvgIpc) is 2.12. The van der Waals surface area contributed by atoms with Crippen LogP contribution in [-0.2, 0) is 0 Å². The van der Waals surface area contributed by atoms with Crippen molar-refractivity contribution in [2.24, 2.45) is 0 Å². The summed E-state index contributed by atoms with van der Waals surface area (Å²) in [4.78, 5) is 0. The zero-order valence-corrected chi connectivity index (χ0v) is 11.7. The van der Waals surface area contributed by atoms with Crippen LogP contribution in [-0.4, -0.2) is 10.2 Å². The Morgan fingerprint density at radius 2 is 1.62 bits per heavy atom. The van der Waals surface area contributed by atoms with Crippen LogP contribution >= 0.6 is 0 Å². The van der Waals surface area contributed by atoms with Gasteiger partial charge in [0.25, 0.3) is 0 Å². The SMILES string of the molecule is C=CCC([SiH3])(CCCC)CCCC. The lowest BCUT2D eigenvalue weighted by molar-refractivity contribution is 0.446. The second-order valence-electron chi connectivity index (χ2n) is 4.51. The van der Waals surface area contributed by atoms with Gasteiger partial charge < -0.3 is 0 Å². The average molecular weight is 198 g/mol. The molecule has 0 nitrogen and oxygen atoms in total. The number of unbranched alkanes of at least 4 members (excludes halogenated alkanes) is 2. The van der Waals surface area contributed by atoms with Crippen molar-refractivity contribution in [3.63, 3.8) is 0 Å². The van der Waals surface area contributed by atoms with E-state index in [2.05, 4.69) is 26.5 Å². The molecule has 0 heterocycles. The molecule has 0 aromatic heterocycles. The van der Waals surface area contributed by atoms with E-state index in [0.29, 0.717) is 5.04 Å². The minimum Gasteiger partial charge on any atom is -0.103 e. The molecule has 0 N–H and O–H groups in total. The quantitative estimate of drug-likeness (QED) is 0.414. The predicted molar refractivity (Wildman–Crippen MR) is 66.5 cm³/mol. The minimum atomic E-state index is 0.674. The molecule has 0 bridgehead atoms. The van der Waals surface area contributed by atoms with Gasteiger partial charge >= 0.3 is 0 Å². The first-order chi connectivity index (χ1) is 6.18. The molecule has 0 aliphatic carbocycles. The highest BCUT2D eigenvalue weighted by atomic mass is 28.1. The maximum Gasteiger partial charge on any atom is 0.0110 e. The van der Waals surface area contributed by atoms with E-state index in [4.69, 9.17) is 0 Å². The monoisotopic (exact) mass is 198 g/mol. The molecule has 0 rings (SSSR count). The number of hydrogen-bond donors (Lipinski definition) is 0. The molecule has 0 fully saturated rings. The van der Waals surface area contributed by atoms with E-state index in [1.54, 1.807) is 0 Å². The lowest BCUT2D eigenvalue weighted by atomic mass is 9.91. The van der Waals surface area contributed by atoms with Crippen LogP contribution < -0.4 is 0 Å². The molecule has 1 heteroatoms. The molecule has 0 spiro atoms. The van der Waals surface area contributed by atoms with Gasteiger partial charge in [0.15, 0.2) is 0 Å². The minimum absolute atomic E-state index is 0.674. The summed E-state index contributed by atoms with van der Waals surface area (Å²) in [5.41, 5.74) is 0. The lowest BCUT2D eigenvalue weighted by Gasteiger charge is -2.28. The molecule has 0 unspecified atom stereocenters. The van der Waals surface area contributed by atoms with Crippen molar-refractivity contribution >= 4 is 10.2 Å². The fourth-order valence-electron chi connectivity index (χ4n) is 1.88. The Balaban J connectivity index is 3.90. The maximum atomic E-state index is 3.88. The van der Waals surface area contributed by atoms with Gasteiger partial charge in [-0.25, -0.2) is 0 Å². The predicted octanol–water partition coefficient (Wildman–Crippen LogP) is 3.47. The summed E-state index contributed by atoms with van der Waals surface area (Å²) in [6.45, 7) is 8.46. The van der Waals surface area contributed by atoms with Crippen LogP contribution in [0.25, 0.3) is 0 Å². The van der Waals surface area contributed by atoms with E-state index >= 15 is 0 Å². The third-order valence-electron chi connectivity index (χ3n) is 2.90. The van der Waals surface area contributed by atoms with Crippen molar-refractivity contribution < 1.29 is 0 Å². The van der Waals surface area contributed by atoms with Crippen molar-refractivity contribution in [1.82, 2.24) is 0 Å². The topological polar surface area (TPSA) is 0 Å². The smallest absolute Gasteiger partial charge is 0.0110 e. The third-order valence-corrected chi connectivity index (χ3v) is 4.31. The summed E-state index contributed by atoms with van der Waals surface area (Å²) in [6.07, 6.45) is 11.7. The lowest BCUT2D eigenvalue weighted by Crippen LogP contribution is -2.12. The standard InChI is InChI=1S/C12H26Si/c1-4-7-10-12(13,9-6-3)11-8-5-2/h6H,3-5,7-11H2,1-2,13H3. The second kappa shape index (κ2) is 7.37. The maximum absolute atomic E-state index is 3.88. The van der Waals surface area contributed by atoms with E-state index in [9.17, 15) is 0 Å². The van der Waals surface area contributed by atoms with Crippen molar-refractivity contribution in [2.45, 2.75) is 63.8 Å². The molecule has 0 aromatic carbocycles. The molecule has 0 aliphatic heterocycles. The molecule has 13 heavy (non-hydrogen) atoms. The Bertz CT molecular complexity index is 121. The zero-order valence-electron chi connectivity index (χ0n) is 9.73. The van der Waals surface area contributed by atoms with Crippen LogP contribution in [0.5, 0.6) is 0 Å². The van der Waals surface area contributed by atoms with Gasteiger partial charge in [-0.2, -0.15) is 0 Å². The second-order valence-corrected chi connectivity index (χ2v) is 6.63. The molecule has 0 radical (unpaired) electrons. The van der Waals surface area contributed by atoms with Crippen LogP contribution in [0.2, 0.25) is 5.04 Å². The van der Waals surface area contributed by atoms with Crippen LogP contribution in [0.1, 0.15) is 58.8 Å². The van der Waals surface area contributed by atoms with Crippen molar-refractivity contribution in [1.29, 1.82) is 0 Å². The molecule has 0 aromatic rings. The van der Waals surface area contributed by atoms with E-state index in [1.807, 2.05) is 0 Å². The molecule has 0 amide bonds. The van der Waals surface area contributed by atoms with Crippen molar-refractivity contribution in [3.8, 4) is 0 Å². The van der Waals surface area contributed by atoms with Gasteiger partial charge in [0.2, 0.25) is 0 Å². The molecular weight excluding hydrogens is 172 g/mol. The van der Waals surface area contributed by atoms with Gasteiger partial charge in [-0.1, -0.05) is 58.4 Å². The van der Waals surface area contributed by atoms with Crippen LogP contribution in [0.4, 0.5) is 0 Å². The summed E-state index contributed by atoms with van der Waals surface area (Å²) >= 11 is 0. The Kier molecular flexibility index (Phi) is 7.34. The number of rotatable bonds is 8. The van der Waals surface area contributed by atoms with E-state index in [-0.39, 0.29) is 0 Å². The van der Waals surface area contributed by atoms with Crippen molar-refractivity contribution in [3.05, 3.63) is 12.7 Å². The molecule has 0 aliphatic rings. The van der Waals surface area contributed by atoms with E-state index < -0.39 is 0 Å². The first kappa shape index (κ1) is 13.0. The Labute approximate surface area is 87.2 Å². The van der Waals surface area contributed by atoms with E-state index in [1.165, 1.54) is 55.2 Å². The fraction of sp³-hybridized carbons (Fsp3) is 0.833. The van der Waals surface area contributed by atoms with Crippen LogP contribution in [0.15, 0.2) is 12.7 Å². The highest BCUT2D eigenvalue weighted by Gasteiger charge is 2.20. The zero-order chi connectivity index (χ0) is 10.2. The number of hydrogen-bond acceptors (Lipinski definition) is 0. The molecule has 0 saturated heterocycles. The van der Waals surface area contributed by atoms with Crippen LogP contribution in [0, 0.1) is 0 Å². The Hall–Kier alpha value is -0.0431. The third kappa shape index (κ3) is 6.09. The van der Waals surface area contributed by atoms with E-state index in [0.717, 1.165) is 0 Å². The summed E-state index contributed by atoms with van der Waals surface area (Å²) < 4.78 is 0. The Morgan fingerprint density at radius 3 is 1.92 bits per heavy atom.